The van der Waals surface area contributed by atoms with Gasteiger partial charge in [-0.1, -0.05) is 12.8 Å². The largest absolute Gasteiger partial charge is 0.345 e. The first-order valence-electron chi connectivity index (χ1n) is 8.22. The lowest BCUT2D eigenvalue weighted by Gasteiger charge is -2.26. The third-order valence-electron chi connectivity index (χ3n) is 5.20. The first-order chi connectivity index (χ1) is 9.81. The quantitative estimate of drug-likeness (QED) is 0.834. The van der Waals surface area contributed by atoms with Gasteiger partial charge in [-0.25, -0.2) is 9.48 Å². The molecule has 5 heteroatoms. The maximum Gasteiger partial charge on any atom is 0.345 e. The Morgan fingerprint density at radius 2 is 1.85 bits per heavy atom. The zero-order valence-electron chi connectivity index (χ0n) is 12.1. The van der Waals surface area contributed by atoms with Crippen LogP contribution in [0.25, 0.3) is 0 Å². The van der Waals surface area contributed by atoms with E-state index in [-0.39, 0.29) is 5.69 Å². The number of nitrogens with zero attached hydrogens (tertiary/aromatic N) is 4. The highest BCUT2D eigenvalue weighted by Crippen LogP contribution is 2.30. The molecule has 0 spiro atoms. The monoisotopic (exact) mass is 276 g/mol. The molecule has 0 bridgehead atoms. The van der Waals surface area contributed by atoms with Crippen LogP contribution < -0.4 is 5.69 Å². The summed E-state index contributed by atoms with van der Waals surface area (Å²) < 4.78 is 3.65. The Kier molecular flexibility index (Phi) is 3.17. The number of aromatic nitrogens is 3. The van der Waals surface area contributed by atoms with Gasteiger partial charge in [0.25, 0.3) is 0 Å². The van der Waals surface area contributed by atoms with Crippen molar-refractivity contribution in [2.75, 3.05) is 13.1 Å². The van der Waals surface area contributed by atoms with Crippen LogP contribution in [0.5, 0.6) is 0 Å². The van der Waals surface area contributed by atoms with Crippen LogP contribution in [0, 0.1) is 5.92 Å². The predicted octanol–water partition coefficient (Wildman–Crippen LogP) is 1.26. The molecule has 0 unspecified atom stereocenters. The van der Waals surface area contributed by atoms with Crippen LogP contribution in [-0.4, -0.2) is 38.4 Å². The van der Waals surface area contributed by atoms with E-state index in [9.17, 15) is 4.79 Å². The van der Waals surface area contributed by atoms with Gasteiger partial charge < -0.3 is 0 Å². The first kappa shape index (κ1) is 12.6. The van der Waals surface area contributed by atoms with Gasteiger partial charge in [0.05, 0.1) is 0 Å². The Morgan fingerprint density at radius 1 is 1.05 bits per heavy atom. The molecular weight excluding hydrogens is 252 g/mol. The van der Waals surface area contributed by atoms with Crippen molar-refractivity contribution in [2.45, 2.75) is 64.1 Å². The molecule has 110 valence electrons. The minimum absolute atomic E-state index is 0.125. The number of fused-ring (bicyclic) bond motifs is 1. The molecule has 5 nitrogen and oxygen atoms in total. The number of hydrogen-bond donors (Lipinski definition) is 0. The van der Waals surface area contributed by atoms with Crippen molar-refractivity contribution in [3.8, 4) is 0 Å². The molecule has 0 amide bonds. The third kappa shape index (κ3) is 2.32. The lowest BCUT2D eigenvalue weighted by Crippen LogP contribution is -2.36. The van der Waals surface area contributed by atoms with Crippen molar-refractivity contribution >= 4 is 0 Å². The van der Waals surface area contributed by atoms with Crippen LogP contribution in [-0.2, 0) is 19.5 Å². The Balaban J connectivity index is 1.50. The summed E-state index contributed by atoms with van der Waals surface area (Å²) in [5.41, 5.74) is 0.125. The lowest BCUT2D eigenvalue weighted by molar-refractivity contribution is 0.201. The van der Waals surface area contributed by atoms with Crippen LogP contribution in [0.4, 0.5) is 0 Å². The second kappa shape index (κ2) is 5.02. The summed E-state index contributed by atoms with van der Waals surface area (Å²) in [7, 11) is 0. The molecule has 0 aromatic carbocycles. The summed E-state index contributed by atoms with van der Waals surface area (Å²) in [5, 5.41) is 4.59. The Morgan fingerprint density at radius 3 is 2.60 bits per heavy atom. The maximum atomic E-state index is 12.4. The van der Waals surface area contributed by atoms with Crippen LogP contribution in [0.2, 0.25) is 0 Å². The van der Waals surface area contributed by atoms with Crippen LogP contribution >= 0.6 is 0 Å². The highest BCUT2D eigenvalue weighted by Gasteiger charge is 2.28. The lowest BCUT2D eigenvalue weighted by atomic mass is 10.2. The maximum absolute atomic E-state index is 12.4. The van der Waals surface area contributed by atoms with Crippen molar-refractivity contribution in [2.24, 2.45) is 5.92 Å². The van der Waals surface area contributed by atoms with Crippen molar-refractivity contribution in [1.82, 2.24) is 19.2 Å². The molecule has 1 aromatic rings. The van der Waals surface area contributed by atoms with Crippen LogP contribution in [0.1, 0.15) is 44.3 Å². The van der Waals surface area contributed by atoms with E-state index in [0.717, 1.165) is 44.5 Å². The van der Waals surface area contributed by atoms with Gasteiger partial charge in [-0.05, 0) is 31.6 Å². The average Bonchev–Trinajstić information content (AvgIpc) is 3.07. The molecule has 0 radical (unpaired) electrons. The fourth-order valence-corrected chi connectivity index (χ4v) is 3.78. The standard InChI is InChI=1S/C15H24N4O/c20-15-18-10-9-17(13-3-1-2-4-13)8-7-14(18)16-19(15)11-12-5-6-12/h12-13H,1-11H2. The predicted molar refractivity (Wildman–Crippen MR) is 76.7 cm³/mol. The van der Waals surface area contributed by atoms with E-state index in [0.29, 0.717) is 5.92 Å². The van der Waals surface area contributed by atoms with E-state index in [4.69, 9.17) is 0 Å². The molecule has 3 aliphatic rings. The molecule has 0 N–H and O–H groups in total. The summed E-state index contributed by atoms with van der Waals surface area (Å²) >= 11 is 0. The van der Waals surface area contributed by atoms with Gasteiger partial charge in [0.1, 0.15) is 5.82 Å². The van der Waals surface area contributed by atoms with Gasteiger partial charge in [0, 0.05) is 38.6 Å². The minimum Gasteiger partial charge on any atom is -0.298 e. The van der Waals surface area contributed by atoms with Gasteiger partial charge in [-0.15, -0.1) is 0 Å². The highest BCUT2D eigenvalue weighted by molar-refractivity contribution is 4.94. The number of hydrogen-bond acceptors (Lipinski definition) is 3. The van der Waals surface area contributed by atoms with E-state index in [1.54, 1.807) is 4.68 Å². The summed E-state index contributed by atoms with van der Waals surface area (Å²) in [4.78, 5) is 15.0. The second-order valence-corrected chi connectivity index (χ2v) is 6.70. The second-order valence-electron chi connectivity index (χ2n) is 6.70. The van der Waals surface area contributed by atoms with Crippen molar-refractivity contribution in [3.63, 3.8) is 0 Å². The topological polar surface area (TPSA) is 43.1 Å². The van der Waals surface area contributed by atoms with Gasteiger partial charge in [0.2, 0.25) is 0 Å². The molecule has 4 rings (SSSR count). The fraction of sp³-hybridized carbons (Fsp3) is 0.867. The van der Waals surface area contributed by atoms with E-state index in [1.165, 1.54) is 38.5 Å². The van der Waals surface area contributed by atoms with Crippen LogP contribution in [0.15, 0.2) is 4.79 Å². The summed E-state index contributed by atoms with van der Waals surface area (Å²) in [6, 6.07) is 0.758. The summed E-state index contributed by atoms with van der Waals surface area (Å²) in [5.74, 6) is 1.72. The minimum atomic E-state index is 0.125. The zero-order valence-corrected chi connectivity index (χ0v) is 12.1. The van der Waals surface area contributed by atoms with Crippen molar-refractivity contribution < 1.29 is 0 Å². The van der Waals surface area contributed by atoms with E-state index < -0.39 is 0 Å². The normalized spacial score (nSPS) is 24.8. The SMILES string of the molecule is O=c1n(CC2CC2)nc2n1CCN(C1CCCC1)CC2. The molecule has 1 aromatic heterocycles. The van der Waals surface area contributed by atoms with E-state index >= 15 is 0 Å². The molecule has 20 heavy (non-hydrogen) atoms. The molecule has 2 heterocycles. The summed E-state index contributed by atoms with van der Waals surface area (Å²) in [6.45, 7) is 3.76. The molecular formula is C15H24N4O. The molecule has 1 aliphatic heterocycles. The smallest absolute Gasteiger partial charge is 0.298 e. The number of rotatable bonds is 3. The Hall–Kier alpha value is -1.10. The molecule has 0 atom stereocenters. The van der Waals surface area contributed by atoms with Crippen LogP contribution in [0.3, 0.4) is 0 Å². The molecule has 0 saturated heterocycles. The fourth-order valence-electron chi connectivity index (χ4n) is 3.78. The summed E-state index contributed by atoms with van der Waals surface area (Å²) in [6.07, 6.45) is 8.90. The van der Waals surface area contributed by atoms with E-state index in [1.807, 2.05) is 4.57 Å². The van der Waals surface area contributed by atoms with Gasteiger partial charge >= 0.3 is 5.69 Å². The highest BCUT2D eigenvalue weighted by atomic mass is 16.2. The Labute approximate surface area is 119 Å². The van der Waals surface area contributed by atoms with Gasteiger partial charge in [0.15, 0.2) is 0 Å². The third-order valence-corrected chi connectivity index (χ3v) is 5.20. The van der Waals surface area contributed by atoms with Gasteiger partial charge in [-0.2, -0.15) is 5.10 Å². The van der Waals surface area contributed by atoms with Gasteiger partial charge in [-0.3, -0.25) is 9.47 Å². The first-order valence-corrected chi connectivity index (χ1v) is 8.22. The molecule has 2 aliphatic carbocycles. The Bertz CT molecular complexity index is 537. The zero-order chi connectivity index (χ0) is 13.5. The molecule has 2 fully saturated rings. The van der Waals surface area contributed by atoms with E-state index in [2.05, 4.69) is 10.00 Å². The van der Waals surface area contributed by atoms with Crippen molar-refractivity contribution in [3.05, 3.63) is 16.3 Å². The average molecular weight is 276 g/mol. The molecule has 2 saturated carbocycles. The van der Waals surface area contributed by atoms with Crippen molar-refractivity contribution in [1.29, 1.82) is 0 Å².